The third kappa shape index (κ3) is 3.31. The van der Waals surface area contributed by atoms with Gasteiger partial charge in [0.2, 0.25) is 10.0 Å². The van der Waals surface area contributed by atoms with Gasteiger partial charge in [0.15, 0.2) is 0 Å². The largest absolute Gasteiger partial charge is 0.336 e. The molecule has 0 saturated heterocycles. The van der Waals surface area contributed by atoms with Crippen LogP contribution in [0.1, 0.15) is 40.5 Å². The van der Waals surface area contributed by atoms with Crippen molar-refractivity contribution in [3.63, 3.8) is 0 Å². The number of fused-ring (bicyclic) bond motifs is 1. The van der Waals surface area contributed by atoms with Crippen molar-refractivity contribution in [2.75, 3.05) is 12.4 Å². The lowest BCUT2D eigenvalue weighted by atomic mass is 10.1. The van der Waals surface area contributed by atoms with E-state index >= 15 is 0 Å². The van der Waals surface area contributed by atoms with Crippen molar-refractivity contribution in [1.82, 2.24) is 14.9 Å². The van der Waals surface area contributed by atoms with Gasteiger partial charge in [0.1, 0.15) is 0 Å². The average molecular weight is 386 g/mol. The maximum atomic E-state index is 12.9. The van der Waals surface area contributed by atoms with Gasteiger partial charge < -0.3 is 9.84 Å². The smallest absolute Gasteiger partial charge is 0.259 e. The van der Waals surface area contributed by atoms with E-state index in [0.717, 1.165) is 18.5 Å². The van der Waals surface area contributed by atoms with Crippen LogP contribution in [0.4, 0.5) is 5.69 Å². The molecule has 0 atom stereocenters. The fourth-order valence-electron chi connectivity index (χ4n) is 2.91. The van der Waals surface area contributed by atoms with E-state index in [0.29, 0.717) is 34.0 Å². The van der Waals surface area contributed by atoms with Gasteiger partial charge in [-0.1, -0.05) is 5.16 Å². The minimum atomic E-state index is -3.52. The summed E-state index contributed by atoms with van der Waals surface area (Å²) >= 11 is 0. The number of benzene rings is 1. The quantitative estimate of drug-likeness (QED) is 0.696. The number of pyridine rings is 1. The van der Waals surface area contributed by atoms with Crippen LogP contribution >= 0.6 is 0 Å². The molecule has 2 N–H and O–H groups in total. The SMILES string of the molecule is CNS(=O)(=O)c1ccc(NC(=O)c2cc(C3CC3)nc3onc(C)c23)cc1. The fraction of sp³-hybridized carbons (Fsp3) is 0.278. The molecule has 27 heavy (non-hydrogen) atoms. The van der Waals surface area contributed by atoms with E-state index in [1.807, 2.05) is 0 Å². The lowest BCUT2D eigenvalue weighted by Crippen LogP contribution is -2.18. The molecule has 1 fully saturated rings. The molecule has 140 valence electrons. The second-order valence-corrected chi connectivity index (χ2v) is 8.39. The Kier molecular flexibility index (Phi) is 4.20. The predicted molar refractivity (Wildman–Crippen MR) is 99.2 cm³/mol. The zero-order valence-electron chi connectivity index (χ0n) is 14.8. The van der Waals surface area contributed by atoms with Crippen LogP contribution in [0.15, 0.2) is 39.8 Å². The molecule has 0 aliphatic heterocycles. The van der Waals surface area contributed by atoms with Crippen molar-refractivity contribution in [3.8, 4) is 0 Å². The summed E-state index contributed by atoms with van der Waals surface area (Å²) in [6, 6.07) is 7.75. The van der Waals surface area contributed by atoms with Crippen molar-refractivity contribution in [2.24, 2.45) is 0 Å². The van der Waals surface area contributed by atoms with Crippen molar-refractivity contribution in [3.05, 3.63) is 47.3 Å². The maximum Gasteiger partial charge on any atom is 0.259 e. The summed E-state index contributed by atoms with van der Waals surface area (Å²) in [6.45, 7) is 1.76. The third-order valence-corrected chi connectivity index (χ3v) is 6.00. The number of hydrogen-bond acceptors (Lipinski definition) is 6. The summed E-state index contributed by atoms with van der Waals surface area (Å²) in [7, 11) is -2.18. The lowest BCUT2D eigenvalue weighted by Gasteiger charge is -2.09. The van der Waals surface area contributed by atoms with Gasteiger partial charge in [-0.15, -0.1) is 0 Å². The van der Waals surface area contributed by atoms with E-state index in [2.05, 4.69) is 20.2 Å². The number of nitrogens with zero attached hydrogens (tertiary/aromatic N) is 2. The summed E-state index contributed by atoms with van der Waals surface area (Å²) in [5.41, 5.74) is 2.73. The molecule has 4 rings (SSSR count). The summed E-state index contributed by atoms with van der Waals surface area (Å²) in [4.78, 5) is 17.5. The second kappa shape index (κ2) is 6.43. The molecule has 2 aromatic heterocycles. The van der Waals surface area contributed by atoms with Crippen LogP contribution in [-0.2, 0) is 10.0 Å². The number of carbonyl (C=O) groups is 1. The van der Waals surface area contributed by atoms with Crippen molar-refractivity contribution >= 4 is 32.7 Å². The van der Waals surface area contributed by atoms with Crippen LogP contribution in [0.3, 0.4) is 0 Å². The Labute approximate surface area is 156 Å². The van der Waals surface area contributed by atoms with Gasteiger partial charge in [0.05, 0.1) is 21.5 Å². The summed E-state index contributed by atoms with van der Waals surface area (Å²) < 4.78 is 31.1. The van der Waals surface area contributed by atoms with Crippen molar-refractivity contribution < 1.29 is 17.7 Å². The number of anilines is 1. The Balaban J connectivity index is 1.66. The van der Waals surface area contributed by atoms with Crippen LogP contribution in [0.25, 0.3) is 11.1 Å². The molecule has 2 heterocycles. The van der Waals surface area contributed by atoms with Gasteiger partial charge in [-0.05, 0) is 57.1 Å². The van der Waals surface area contributed by atoms with Crippen LogP contribution in [0.5, 0.6) is 0 Å². The van der Waals surface area contributed by atoms with Crippen molar-refractivity contribution in [2.45, 2.75) is 30.6 Å². The third-order valence-electron chi connectivity index (χ3n) is 4.57. The lowest BCUT2D eigenvalue weighted by molar-refractivity contribution is 0.102. The second-order valence-electron chi connectivity index (χ2n) is 6.50. The number of rotatable bonds is 5. The van der Waals surface area contributed by atoms with Crippen LogP contribution in [0.2, 0.25) is 0 Å². The zero-order valence-corrected chi connectivity index (χ0v) is 15.6. The number of amides is 1. The highest BCUT2D eigenvalue weighted by Crippen LogP contribution is 2.40. The Morgan fingerprint density at radius 2 is 1.93 bits per heavy atom. The molecule has 3 aromatic rings. The molecule has 0 unspecified atom stereocenters. The first-order chi connectivity index (χ1) is 12.9. The number of aromatic nitrogens is 2. The summed E-state index contributed by atoms with van der Waals surface area (Å²) in [5, 5.41) is 7.31. The van der Waals surface area contributed by atoms with Crippen molar-refractivity contribution in [1.29, 1.82) is 0 Å². The molecule has 1 aromatic carbocycles. The molecule has 1 amide bonds. The van der Waals surface area contributed by atoms with E-state index in [-0.39, 0.29) is 10.8 Å². The minimum absolute atomic E-state index is 0.125. The first kappa shape index (κ1) is 17.6. The monoisotopic (exact) mass is 386 g/mol. The van der Waals surface area contributed by atoms with Gasteiger partial charge >= 0.3 is 0 Å². The van der Waals surface area contributed by atoms with E-state index < -0.39 is 10.0 Å². The number of hydrogen-bond donors (Lipinski definition) is 2. The first-order valence-corrected chi connectivity index (χ1v) is 9.99. The molecule has 1 aliphatic carbocycles. The highest BCUT2D eigenvalue weighted by molar-refractivity contribution is 7.89. The normalized spacial score (nSPS) is 14.4. The van der Waals surface area contributed by atoms with Crippen LogP contribution in [-0.4, -0.2) is 31.5 Å². The van der Waals surface area contributed by atoms with E-state index in [1.54, 1.807) is 25.1 Å². The maximum absolute atomic E-state index is 12.9. The Morgan fingerprint density at radius 1 is 1.22 bits per heavy atom. The van der Waals surface area contributed by atoms with Gasteiger partial charge in [0.25, 0.3) is 11.6 Å². The van der Waals surface area contributed by atoms with Gasteiger partial charge in [-0.25, -0.2) is 18.1 Å². The van der Waals surface area contributed by atoms with Gasteiger partial charge in [-0.2, -0.15) is 0 Å². The number of carbonyl (C=O) groups excluding carboxylic acids is 1. The molecule has 9 heteroatoms. The molecule has 0 radical (unpaired) electrons. The summed E-state index contributed by atoms with van der Waals surface area (Å²) in [6.07, 6.45) is 2.10. The first-order valence-electron chi connectivity index (χ1n) is 8.51. The fourth-order valence-corrected chi connectivity index (χ4v) is 3.64. The number of sulfonamides is 1. The molecular weight excluding hydrogens is 368 g/mol. The molecule has 0 bridgehead atoms. The predicted octanol–water partition coefficient (Wildman–Crippen LogP) is 2.57. The zero-order chi connectivity index (χ0) is 19.2. The Morgan fingerprint density at radius 3 is 2.56 bits per heavy atom. The van der Waals surface area contributed by atoms with E-state index in [4.69, 9.17) is 4.52 Å². The highest BCUT2D eigenvalue weighted by atomic mass is 32.2. The van der Waals surface area contributed by atoms with Gasteiger partial charge in [-0.3, -0.25) is 4.79 Å². The number of nitrogens with one attached hydrogen (secondary N) is 2. The Bertz CT molecular complexity index is 1130. The minimum Gasteiger partial charge on any atom is -0.336 e. The van der Waals surface area contributed by atoms with E-state index in [1.165, 1.54) is 19.2 Å². The number of aryl methyl sites for hydroxylation is 1. The molecule has 8 nitrogen and oxygen atoms in total. The van der Waals surface area contributed by atoms with Crippen LogP contribution in [0, 0.1) is 6.92 Å². The van der Waals surface area contributed by atoms with Gasteiger partial charge in [0, 0.05) is 17.3 Å². The Hall–Kier alpha value is -2.78. The topological polar surface area (TPSA) is 114 Å². The molecular formula is C18H18N4O4S. The van der Waals surface area contributed by atoms with Crippen LogP contribution < -0.4 is 10.0 Å². The molecule has 1 saturated carbocycles. The average Bonchev–Trinajstić information content (AvgIpc) is 3.45. The van der Waals surface area contributed by atoms with E-state index in [9.17, 15) is 13.2 Å². The summed E-state index contributed by atoms with van der Waals surface area (Å²) in [5.74, 6) is 0.0391. The highest BCUT2D eigenvalue weighted by Gasteiger charge is 2.28. The standard InChI is InChI=1S/C18H18N4O4S/c1-10-16-14(9-15(11-3-4-11)21-18(16)26-22-10)17(23)20-12-5-7-13(8-6-12)27(24,25)19-2/h5-9,11,19H,3-4H2,1-2H3,(H,20,23). The molecule has 0 spiro atoms. The molecule has 1 aliphatic rings.